The van der Waals surface area contributed by atoms with Gasteiger partial charge < -0.3 is 24.8 Å². The van der Waals surface area contributed by atoms with E-state index in [0.29, 0.717) is 37.0 Å². The third-order valence-electron chi connectivity index (χ3n) is 2.60. The standard InChI is InChI=1S/C13H16N2O5/c1-18-5-4-14-12(16)13(17)15-9-2-3-10-11(8-9)20-7-6-19-10/h2-3,8H,4-7H2,1H3,(H,14,16)(H,15,17). The molecule has 20 heavy (non-hydrogen) atoms. The molecule has 1 aromatic carbocycles. The van der Waals surface area contributed by atoms with Gasteiger partial charge in [0.15, 0.2) is 11.5 Å². The summed E-state index contributed by atoms with van der Waals surface area (Å²) in [7, 11) is 1.52. The van der Waals surface area contributed by atoms with Gasteiger partial charge in [-0.05, 0) is 12.1 Å². The molecule has 0 fully saturated rings. The number of nitrogens with one attached hydrogen (secondary N) is 2. The average molecular weight is 280 g/mol. The van der Waals surface area contributed by atoms with Crippen LogP contribution in [0, 0.1) is 0 Å². The van der Waals surface area contributed by atoms with E-state index < -0.39 is 11.8 Å². The maximum absolute atomic E-state index is 11.6. The molecule has 0 aliphatic carbocycles. The van der Waals surface area contributed by atoms with Crippen molar-refractivity contribution in [2.75, 3.05) is 38.8 Å². The molecule has 0 aromatic heterocycles. The molecule has 0 saturated heterocycles. The molecule has 1 heterocycles. The number of anilines is 1. The minimum Gasteiger partial charge on any atom is -0.486 e. The maximum atomic E-state index is 11.6. The van der Waals surface area contributed by atoms with Crippen LogP contribution in [0.3, 0.4) is 0 Å². The third kappa shape index (κ3) is 3.61. The van der Waals surface area contributed by atoms with Crippen LogP contribution in [0.4, 0.5) is 5.69 Å². The molecule has 0 spiro atoms. The minimum atomic E-state index is -0.738. The van der Waals surface area contributed by atoms with Gasteiger partial charge in [0.25, 0.3) is 0 Å². The topological polar surface area (TPSA) is 85.9 Å². The summed E-state index contributed by atoms with van der Waals surface area (Å²) in [6.45, 7) is 1.59. The van der Waals surface area contributed by atoms with E-state index in [-0.39, 0.29) is 6.54 Å². The number of hydrogen-bond donors (Lipinski definition) is 2. The van der Waals surface area contributed by atoms with Gasteiger partial charge in [0.05, 0.1) is 6.61 Å². The molecular weight excluding hydrogens is 264 g/mol. The van der Waals surface area contributed by atoms with Crippen molar-refractivity contribution in [3.63, 3.8) is 0 Å². The van der Waals surface area contributed by atoms with Gasteiger partial charge >= 0.3 is 11.8 Å². The molecule has 108 valence electrons. The first-order valence-electron chi connectivity index (χ1n) is 6.18. The normalized spacial score (nSPS) is 12.7. The minimum absolute atomic E-state index is 0.282. The second-order valence-electron chi connectivity index (χ2n) is 4.06. The van der Waals surface area contributed by atoms with Crippen molar-refractivity contribution in [1.82, 2.24) is 5.32 Å². The number of carbonyl (C=O) groups excluding carboxylic acids is 2. The van der Waals surface area contributed by atoms with Gasteiger partial charge in [-0.1, -0.05) is 0 Å². The van der Waals surface area contributed by atoms with E-state index in [2.05, 4.69) is 10.6 Å². The molecule has 0 saturated carbocycles. The van der Waals surface area contributed by atoms with Gasteiger partial charge in [-0.15, -0.1) is 0 Å². The first kappa shape index (κ1) is 14.1. The Morgan fingerprint density at radius 1 is 1.20 bits per heavy atom. The first-order valence-corrected chi connectivity index (χ1v) is 6.18. The highest BCUT2D eigenvalue weighted by molar-refractivity contribution is 6.39. The predicted molar refractivity (Wildman–Crippen MR) is 70.9 cm³/mol. The smallest absolute Gasteiger partial charge is 0.313 e. The van der Waals surface area contributed by atoms with Crippen LogP contribution in [0.2, 0.25) is 0 Å². The van der Waals surface area contributed by atoms with Gasteiger partial charge in [0.1, 0.15) is 13.2 Å². The molecule has 2 N–H and O–H groups in total. The molecule has 1 aliphatic rings. The lowest BCUT2D eigenvalue weighted by Crippen LogP contribution is -2.37. The zero-order valence-corrected chi connectivity index (χ0v) is 11.1. The van der Waals surface area contributed by atoms with Crippen LogP contribution < -0.4 is 20.1 Å². The number of methoxy groups -OCH3 is 1. The number of fused-ring (bicyclic) bond motifs is 1. The summed E-state index contributed by atoms with van der Waals surface area (Å²) in [6.07, 6.45) is 0. The molecule has 7 heteroatoms. The van der Waals surface area contributed by atoms with E-state index in [1.807, 2.05) is 0 Å². The van der Waals surface area contributed by atoms with Crippen molar-refractivity contribution >= 4 is 17.5 Å². The average Bonchev–Trinajstić information content (AvgIpc) is 2.47. The summed E-state index contributed by atoms with van der Waals surface area (Å²) >= 11 is 0. The van der Waals surface area contributed by atoms with Crippen molar-refractivity contribution in [1.29, 1.82) is 0 Å². The van der Waals surface area contributed by atoms with E-state index in [0.717, 1.165) is 0 Å². The van der Waals surface area contributed by atoms with Crippen LogP contribution in [0.1, 0.15) is 0 Å². The lowest BCUT2D eigenvalue weighted by Gasteiger charge is -2.18. The first-order chi connectivity index (χ1) is 9.70. The van der Waals surface area contributed by atoms with Crippen molar-refractivity contribution in [3.05, 3.63) is 18.2 Å². The van der Waals surface area contributed by atoms with Crippen LogP contribution in [0.15, 0.2) is 18.2 Å². The SMILES string of the molecule is COCCNC(=O)C(=O)Nc1ccc2c(c1)OCCO2. The van der Waals surface area contributed by atoms with E-state index in [1.165, 1.54) is 7.11 Å². The Kier molecular flexibility index (Phi) is 4.78. The maximum Gasteiger partial charge on any atom is 0.313 e. The van der Waals surface area contributed by atoms with Gasteiger partial charge in [-0.3, -0.25) is 9.59 Å². The Morgan fingerprint density at radius 3 is 2.70 bits per heavy atom. The van der Waals surface area contributed by atoms with Crippen LogP contribution in [0.5, 0.6) is 11.5 Å². The number of rotatable bonds is 4. The van der Waals surface area contributed by atoms with E-state index in [9.17, 15) is 9.59 Å². The number of amides is 2. The second-order valence-corrected chi connectivity index (χ2v) is 4.06. The van der Waals surface area contributed by atoms with Crippen LogP contribution >= 0.6 is 0 Å². The molecule has 0 unspecified atom stereocenters. The Hall–Kier alpha value is -2.28. The fourth-order valence-electron chi connectivity index (χ4n) is 1.66. The largest absolute Gasteiger partial charge is 0.486 e. The van der Waals surface area contributed by atoms with Crippen molar-refractivity contribution in [2.45, 2.75) is 0 Å². The van der Waals surface area contributed by atoms with Crippen molar-refractivity contribution in [2.24, 2.45) is 0 Å². The third-order valence-corrected chi connectivity index (χ3v) is 2.60. The molecule has 1 aliphatic heterocycles. The summed E-state index contributed by atoms with van der Waals surface area (Å²) < 4.78 is 15.5. The molecule has 1 aromatic rings. The van der Waals surface area contributed by atoms with Crippen LogP contribution in [0.25, 0.3) is 0 Å². The molecule has 0 bridgehead atoms. The summed E-state index contributed by atoms with van der Waals surface area (Å²) in [5, 5.41) is 4.93. The molecule has 0 atom stereocenters. The Labute approximate surface area is 116 Å². The summed E-state index contributed by atoms with van der Waals surface area (Å²) in [4.78, 5) is 23.1. The molecule has 0 radical (unpaired) electrons. The van der Waals surface area contributed by atoms with E-state index in [1.54, 1.807) is 18.2 Å². The molecule has 2 amide bonds. The van der Waals surface area contributed by atoms with E-state index in [4.69, 9.17) is 14.2 Å². The van der Waals surface area contributed by atoms with Gasteiger partial charge in [-0.2, -0.15) is 0 Å². The van der Waals surface area contributed by atoms with Crippen LogP contribution in [-0.4, -0.2) is 45.3 Å². The summed E-state index contributed by atoms with van der Waals surface area (Å²) in [6, 6.07) is 4.95. The Bertz CT molecular complexity index is 504. The molecular formula is C13H16N2O5. The lowest BCUT2D eigenvalue weighted by atomic mass is 10.2. The van der Waals surface area contributed by atoms with Gasteiger partial charge in [0, 0.05) is 25.4 Å². The highest BCUT2D eigenvalue weighted by atomic mass is 16.6. The number of benzene rings is 1. The zero-order valence-electron chi connectivity index (χ0n) is 11.1. The van der Waals surface area contributed by atoms with Gasteiger partial charge in [0.2, 0.25) is 0 Å². The predicted octanol–water partition coefficient (Wildman–Crippen LogP) is 0.159. The Morgan fingerprint density at radius 2 is 1.95 bits per heavy atom. The molecule has 7 nitrogen and oxygen atoms in total. The number of carbonyl (C=O) groups is 2. The lowest BCUT2D eigenvalue weighted by molar-refractivity contribution is -0.136. The quantitative estimate of drug-likeness (QED) is 0.606. The Balaban J connectivity index is 1.92. The van der Waals surface area contributed by atoms with Crippen molar-refractivity contribution in [3.8, 4) is 11.5 Å². The van der Waals surface area contributed by atoms with E-state index >= 15 is 0 Å². The number of ether oxygens (including phenoxy) is 3. The summed E-state index contributed by atoms with van der Waals surface area (Å²) in [5.41, 5.74) is 0.473. The fourth-order valence-corrected chi connectivity index (χ4v) is 1.66. The van der Waals surface area contributed by atoms with Gasteiger partial charge in [-0.25, -0.2) is 0 Å². The number of hydrogen-bond acceptors (Lipinski definition) is 5. The summed E-state index contributed by atoms with van der Waals surface area (Å²) in [5.74, 6) is -0.276. The molecule has 2 rings (SSSR count). The zero-order chi connectivity index (χ0) is 14.4. The van der Waals surface area contributed by atoms with Crippen LogP contribution in [-0.2, 0) is 14.3 Å². The van der Waals surface area contributed by atoms with Crippen molar-refractivity contribution < 1.29 is 23.8 Å². The highest BCUT2D eigenvalue weighted by Crippen LogP contribution is 2.32. The second kappa shape index (κ2) is 6.76. The highest BCUT2D eigenvalue weighted by Gasteiger charge is 2.16. The monoisotopic (exact) mass is 280 g/mol. The fraction of sp³-hybridized carbons (Fsp3) is 0.385.